The lowest BCUT2D eigenvalue weighted by Gasteiger charge is -2.06. The highest BCUT2D eigenvalue weighted by molar-refractivity contribution is 9.11. The van der Waals surface area contributed by atoms with E-state index in [9.17, 15) is 8.42 Å². The number of halogens is 2. The van der Waals surface area contributed by atoms with Crippen LogP contribution in [0.2, 0.25) is 0 Å². The summed E-state index contributed by atoms with van der Waals surface area (Å²) in [6.45, 7) is 0. The maximum absolute atomic E-state index is 12.0. The number of aromatic nitrogens is 1. The molecule has 2 heterocycles. The molecule has 0 saturated carbocycles. The second kappa shape index (κ2) is 5.05. The van der Waals surface area contributed by atoms with Gasteiger partial charge in [0.15, 0.2) is 5.82 Å². The van der Waals surface area contributed by atoms with Crippen molar-refractivity contribution in [1.82, 2.24) is 4.98 Å². The molecule has 0 aromatic carbocycles. The molecule has 17 heavy (non-hydrogen) atoms. The van der Waals surface area contributed by atoms with Crippen molar-refractivity contribution in [2.24, 2.45) is 0 Å². The molecule has 4 nitrogen and oxygen atoms in total. The predicted molar refractivity (Wildman–Crippen MR) is 74.8 cm³/mol. The number of thiophene rings is 1. The van der Waals surface area contributed by atoms with Crippen LogP contribution in [0.25, 0.3) is 0 Å². The van der Waals surface area contributed by atoms with Crippen molar-refractivity contribution >= 4 is 59.0 Å². The van der Waals surface area contributed by atoms with Gasteiger partial charge in [0, 0.05) is 6.20 Å². The van der Waals surface area contributed by atoms with Gasteiger partial charge >= 0.3 is 0 Å². The summed E-state index contributed by atoms with van der Waals surface area (Å²) in [6.07, 6.45) is 1.52. The van der Waals surface area contributed by atoms with Crippen molar-refractivity contribution in [3.63, 3.8) is 0 Å². The maximum Gasteiger partial charge on any atom is 0.272 e. The summed E-state index contributed by atoms with van der Waals surface area (Å²) in [5.41, 5.74) is 0. The number of anilines is 1. The molecule has 2 aromatic heterocycles. The smallest absolute Gasteiger partial charge is 0.262 e. The zero-order valence-electron chi connectivity index (χ0n) is 8.22. The number of sulfonamides is 1. The first-order chi connectivity index (χ1) is 7.99. The SMILES string of the molecule is O=S(=O)(Nc1ncccc1Br)c1ccc(Br)s1. The lowest BCUT2D eigenvalue weighted by molar-refractivity contribution is 0.603. The molecular weight excluding hydrogens is 392 g/mol. The molecule has 90 valence electrons. The first-order valence-electron chi connectivity index (χ1n) is 4.38. The summed E-state index contributed by atoms with van der Waals surface area (Å²) in [5, 5.41) is 0. The van der Waals surface area contributed by atoms with E-state index in [4.69, 9.17) is 0 Å². The minimum atomic E-state index is -3.57. The highest BCUT2D eigenvalue weighted by Gasteiger charge is 2.18. The van der Waals surface area contributed by atoms with Gasteiger partial charge in [0.2, 0.25) is 0 Å². The van der Waals surface area contributed by atoms with Gasteiger partial charge in [-0.25, -0.2) is 13.4 Å². The fourth-order valence-electron chi connectivity index (χ4n) is 1.08. The molecule has 0 amide bonds. The summed E-state index contributed by atoms with van der Waals surface area (Å²) in [5.74, 6) is 0.275. The van der Waals surface area contributed by atoms with Crippen molar-refractivity contribution in [2.75, 3.05) is 4.72 Å². The molecule has 8 heteroatoms. The molecule has 0 spiro atoms. The number of pyridine rings is 1. The van der Waals surface area contributed by atoms with Crippen LogP contribution in [0.15, 0.2) is 42.9 Å². The van der Waals surface area contributed by atoms with Gasteiger partial charge in [-0.1, -0.05) is 0 Å². The van der Waals surface area contributed by atoms with Crippen LogP contribution in [-0.4, -0.2) is 13.4 Å². The van der Waals surface area contributed by atoms with Gasteiger partial charge in [-0.15, -0.1) is 11.3 Å². The van der Waals surface area contributed by atoms with E-state index in [-0.39, 0.29) is 10.0 Å². The molecule has 0 unspecified atom stereocenters. The van der Waals surface area contributed by atoms with Crippen LogP contribution in [0.5, 0.6) is 0 Å². The molecule has 0 radical (unpaired) electrons. The second-order valence-corrected chi connectivity index (χ2v) is 8.22. The highest BCUT2D eigenvalue weighted by Crippen LogP contribution is 2.28. The summed E-state index contributed by atoms with van der Waals surface area (Å²) in [4.78, 5) is 3.95. The van der Waals surface area contributed by atoms with E-state index in [1.807, 2.05) is 0 Å². The van der Waals surface area contributed by atoms with Gasteiger partial charge in [0.25, 0.3) is 10.0 Å². The lowest BCUT2D eigenvalue weighted by Crippen LogP contribution is -2.12. The van der Waals surface area contributed by atoms with Crippen LogP contribution in [-0.2, 0) is 10.0 Å². The summed E-state index contributed by atoms with van der Waals surface area (Å²) in [6, 6.07) is 6.65. The fraction of sp³-hybridized carbons (Fsp3) is 0. The average Bonchev–Trinajstić information content (AvgIpc) is 2.69. The highest BCUT2D eigenvalue weighted by atomic mass is 79.9. The Balaban J connectivity index is 2.33. The second-order valence-electron chi connectivity index (χ2n) is 3.00. The zero-order chi connectivity index (χ0) is 12.5. The van der Waals surface area contributed by atoms with Crippen LogP contribution >= 0.6 is 43.2 Å². The van der Waals surface area contributed by atoms with Crippen LogP contribution in [0.1, 0.15) is 0 Å². The molecule has 0 aliphatic carbocycles. The normalized spacial score (nSPS) is 11.4. The van der Waals surface area contributed by atoms with E-state index < -0.39 is 10.0 Å². The molecule has 0 bridgehead atoms. The summed E-state index contributed by atoms with van der Waals surface area (Å²) < 4.78 is 28.0. The number of nitrogens with zero attached hydrogens (tertiary/aromatic N) is 1. The van der Waals surface area contributed by atoms with E-state index in [1.165, 1.54) is 12.3 Å². The third kappa shape index (κ3) is 3.06. The number of rotatable bonds is 3. The van der Waals surface area contributed by atoms with Crippen molar-refractivity contribution < 1.29 is 8.42 Å². The topological polar surface area (TPSA) is 59.1 Å². The first-order valence-corrected chi connectivity index (χ1v) is 8.26. The molecule has 0 fully saturated rings. The Labute approximate surface area is 119 Å². The van der Waals surface area contributed by atoms with Crippen LogP contribution in [0, 0.1) is 0 Å². The Hall–Kier alpha value is -0.440. The minimum absolute atomic E-state index is 0.238. The van der Waals surface area contributed by atoms with Crippen LogP contribution in [0.3, 0.4) is 0 Å². The Morgan fingerprint density at radius 2 is 2.00 bits per heavy atom. The Morgan fingerprint density at radius 3 is 2.59 bits per heavy atom. The fourth-order valence-corrected chi connectivity index (χ4v) is 4.61. The maximum atomic E-state index is 12.0. The van der Waals surface area contributed by atoms with E-state index in [2.05, 4.69) is 41.6 Å². The van der Waals surface area contributed by atoms with Crippen LogP contribution < -0.4 is 4.72 Å². The largest absolute Gasteiger partial charge is 0.272 e. The predicted octanol–water partition coefficient (Wildman–Crippen LogP) is 3.47. The van der Waals surface area contributed by atoms with Gasteiger partial charge in [-0.05, 0) is 56.1 Å². The van der Waals surface area contributed by atoms with Crippen molar-refractivity contribution in [1.29, 1.82) is 0 Å². The first kappa shape index (κ1) is 13.0. The molecule has 0 aliphatic heterocycles. The monoisotopic (exact) mass is 396 g/mol. The number of nitrogens with one attached hydrogen (secondary N) is 1. The average molecular weight is 398 g/mol. The molecule has 2 aromatic rings. The van der Waals surface area contributed by atoms with E-state index >= 15 is 0 Å². The Bertz CT molecular complexity index is 640. The summed E-state index contributed by atoms with van der Waals surface area (Å²) >= 11 is 7.60. The third-order valence-corrected chi connectivity index (χ3v) is 5.90. The van der Waals surface area contributed by atoms with Gasteiger partial charge in [0.05, 0.1) is 8.26 Å². The minimum Gasteiger partial charge on any atom is -0.262 e. The van der Waals surface area contributed by atoms with Gasteiger partial charge in [0.1, 0.15) is 4.21 Å². The van der Waals surface area contributed by atoms with Gasteiger partial charge in [-0.2, -0.15) is 0 Å². The number of hydrogen-bond acceptors (Lipinski definition) is 4. The van der Waals surface area contributed by atoms with E-state index in [0.29, 0.717) is 4.47 Å². The Kier molecular flexibility index (Phi) is 3.86. The lowest BCUT2D eigenvalue weighted by atomic mass is 10.5. The standard InChI is InChI=1S/C9H6Br2N2O2S2/c10-6-2-1-5-12-9(6)13-17(14,15)8-4-3-7(11)16-8/h1-5H,(H,12,13). The molecular formula is C9H6Br2N2O2S2. The van der Waals surface area contributed by atoms with Gasteiger partial charge < -0.3 is 0 Å². The van der Waals surface area contributed by atoms with Crippen LogP contribution in [0.4, 0.5) is 5.82 Å². The third-order valence-electron chi connectivity index (χ3n) is 1.80. The number of hydrogen-bond donors (Lipinski definition) is 1. The molecule has 0 aliphatic rings. The zero-order valence-corrected chi connectivity index (χ0v) is 13.0. The van der Waals surface area contributed by atoms with Gasteiger partial charge in [-0.3, -0.25) is 4.72 Å². The van der Waals surface area contributed by atoms with Crippen molar-refractivity contribution in [3.05, 3.63) is 38.7 Å². The molecule has 0 atom stereocenters. The summed E-state index contributed by atoms with van der Waals surface area (Å²) in [7, 11) is -3.57. The quantitative estimate of drug-likeness (QED) is 0.862. The van der Waals surface area contributed by atoms with Crippen molar-refractivity contribution in [2.45, 2.75) is 4.21 Å². The van der Waals surface area contributed by atoms with E-state index in [1.54, 1.807) is 18.2 Å². The van der Waals surface area contributed by atoms with Crippen molar-refractivity contribution in [3.8, 4) is 0 Å². The molecule has 1 N–H and O–H groups in total. The molecule has 0 saturated heterocycles. The Morgan fingerprint density at radius 1 is 1.24 bits per heavy atom. The molecule has 2 rings (SSSR count). The van der Waals surface area contributed by atoms with E-state index in [0.717, 1.165) is 15.1 Å².